The third-order valence-corrected chi connectivity index (χ3v) is 2.26. The molecular formula is C10H4O7. The number of esters is 2. The minimum atomic E-state index is -1.44. The molecule has 86 valence electrons. The smallest absolute Gasteiger partial charge is 0.347 e. The van der Waals surface area contributed by atoms with Gasteiger partial charge in [-0.1, -0.05) is 0 Å². The quantitative estimate of drug-likeness (QED) is 0.563. The zero-order valence-electron chi connectivity index (χ0n) is 8.09. The number of carbonyl (C=O) groups excluding carboxylic acids is 2. The molecule has 0 aliphatic carbocycles. The van der Waals surface area contributed by atoms with Crippen molar-refractivity contribution in [1.82, 2.24) is 0 Å². The highest BCUT2D eigenvalue weighted by Crippen LogP contribution is 2.27. The van der Waals surface area contributed by atoms with E-state index in [1.54, 1.807) is 0 Å². The predicted octanol–water partition coefficient (Wildman–Crippen LogP) is 0.394. The van der Waals surface area contributed by atoms with Crippen LogP contribution in [0.3, 0.4) is 0 Å². The highest BCUT2D eigenvalue weighted by molar-refractivity contribution is 6.22. The number of carboxylic acids is 2. The number of hydrogen-bond donors (Lipinski definition) is 2. The molecule has 0 saturated heterocycles. The summed E-state index contributed by atoms with van der Waals surface area (Å²) in [5.41, 5.74) is -1.94. The Kier molecular flexibility index (Phi) is 2.17. The minimum Gasteiger partial charge on any atom is -0.478 e. The second-order valence-corrected chi connectivity index (χ2v) is 3.20. The van der Waals surface area contributed by atoms with Crippen LogP contribution >= 0.6 is 0 Å². The fraction of sp³-hybridized carbons (Fsp3) is 0. The maximum atomic E-state index is 11.3. The molecule has 1 aromatic carbocycles. The fourth-order valence-corrected chi connectivity index (χ4v) is 1.57. The summed E-state index contributed by atoms with van der Waals surface area (Å²) < 4.78 is 4.21. The molecule has 0 aromatic heterocycles. The normalized spacial score (nSPS) is 13.2. The molecule has 17 heavy (non-hydrogen) atoms. The van der Waals surface area contributed by atoms with Gasteiger partial charge in [0.25, 0.3) is 0 Å². The lowest BCUT2D eigenvalue weighted by molar-refractivity contribution is 0.0435. The number of carbonyl (C=O) groups is 4. The molecule has 0 unspecified atom stereocenters. The highest BCUT2D eigenvalue weighted by Gasteiger charge is 2.38. The maximum absolute atomic E-state index is 11.3. The van der Waals surface area contributed by atoms with E-state index in [4.69, 9.17) is 10.2 Å². The van der Waals surface area contributed by atoms with Crippen LogP contribution in [-0.4, -0.2) is 34.1 Å². The SMILES string of the molecule is O=C(O)c1ccc(C(=O)O)c2c1C(=O)OC2=O. The maximum Gasteiger partial charge on any atom is 0.347 e. The Balaban J connectivity index is 2.84. The van der Waals surface area contributed by atoms with Crippen LogP contribution in [0.15, 0.2) is 12.1 Å². The number of benzene rings is 1. The summed E-state index contributed by atoms with van der Waals surface area (Å²) in [7, 11) is 0. The standard InChI is InChI=1S/C10H4O7/c11-7(12)3-1-2-4(8(13)14)6-5(3)9(15)17-10(6)16/h1-2H,(H,11,12)(H,13,14). The Hall–Kier alpha value is -2.70. The lowest BCUT2D eigenvalue weighted by Crippen LogP contribution is -2.10. The third-order valence-electron chi connectivity index (χ3n) is 2.26. The molecule has 1 aromatic rings. The lowest BCUT2D eigenvalue weighted by atomic mass is 9.97. The largest absolute Gasteiger partial charge is 0.478 e. The molecule has 7 nitrogen and oxygen atoms in total. The van der Waals surface area contributed by atoms with E-state index >= 15 is 0 Å². The fourth-order valence-electron chi connectivity index (χ4n) is 1.57. The number of fused-ring (bicyclic) bond motifs is 1. The number of rotatable bonds is 2. The Morgan fingerprint density at radius 2 is 1.24 bits per heavy atom. The van der Waals surface area contributed by atoms with Crippen LogP contribution in [0.4, 0.5) is 0 Å². The van der Waals surface area contributed by atoms with Gasteiger partial charge in [-0.2, -0.15) is 0 Å². The van der Waals surface area contributed by atoms with Gasteiger partial charge < -0.3 is 14.9 Å². The van der Waals surface area contributed by atoms with Crippen molar-refractivity contribution in [3.63, 3.8) is 0 Å². The summed E-state index contributed by atoms with van der Waals surface area (Å²) >= 11 is 0. The molecule has 1 aliphatic rings. The second-order valence-electron chi connectivity index (χ2n) is 3.20. The minimum absolute atomic E-state index is 0.458. The summed E-state index contributed by atoms with van der Waals surface area (Å²) in [6.07, 6.45) is 0. The van der Waals surface area contributed by atoms with Crippen molar-refractivity contribution in [1.29, 1.82) is 0 Å². The van der Waals surface area contributed by atoms with Crippen molar-refractivity contribution < 1.29 is 34.1 Å². The Morgan fingerprint density at radius 3 is 1.53 bits per heavy atom. The van der Waals surface area contributed by atoms with Crippen molar-refractivity contribution in [2.75, 3.05) is 0 Å². The van der Waals surface area contributed by atoms with Gasteiger partial charge in [0.15, 0.2) is 0 Å². The molecule has 0 saturated carbocycles. The molecule has 1 aliphatic heterocycles. The van der Waals surface area contributed by atoms with Crippen molar-refractivity contribution >= 4 is 23.9 Å². The van der Waals surface area contributed by atoms with Gasteiger partial charge in [0.2, 0.25) is 0 Å². The van der Waals surface area contributed by atoms with Crippen LogP contribution in [0.5, 0.6) is 0 Å². The number of carboxylic acid groups (broad SMARTS) is 2. The molecular weight excluding hydrogens is 232 g/mol. The van der Waals surface area contributed by atoms with E-state index in [1.165, 1.54) is 0 Å². The first kappa shape index (κ1) is 10.8. The summed E-state index contributed by atoms with van der Waals surface area (Å²) in [6, 6.07) is 1.90. The van der Waals surface area contributed by atoms with Gasteiger partial charge in [0.1, 0.15) is 0 Å². The van der Waals surface area contributed by atoms with Gasteiger partial charge in [0, 0.05) is 0 Å². The molecule has 0 radical (unpaired) electrons. The third kappa shape index (κ3) is 1.44. The van der Waals surface area contributed by atoms with E-state index in [2.05, 4.69) is 4.74 Å². The summed E-state index contributed by atoms with van der Waals surface area (Å²) in [4.78, 5) is 44.2. The van der Waals surface area contributed by atoms with E-state index in [0.29, 0.717) is 0 Å². The molecule has 2 N–H and O–H groups in total. The molecule has 0 amide bonds. The molecule has 7 heteroatoms. The highest BCUT2D eigenvalue weighted by atomic mass is 16.6. The van der Waals surface area contributed by atoms with E-state index < -0.39 is 46.1 Å². The van der Waals surface area contributed by atoms with Crippen LogP contribution in [0.2, 0.25) is 0 Å². The Labute approximate surface area is 93.2 Å². The van der Waals surface area contributed by atoms with E-state index in [9.17, 15) is 19.2 Å². The van der Waals surface area contributed by atoms with Crippen molar-refractivity contribution in [2.45, 2.75) is 0 Å². The first-order valence-corrected chi connectivity index (χ1v) is 4.33. The number of ether oxygens (including phenoxy) is 1. The van der Waals surface area contributed by atoms with Crippen molar-refractivity contribution in [2.24, 2.45) is 0 Å². The average Bonchev–Trinajstić information content (AvgIpc) is 2.54. The predicted molar refractivity (Wildman–Crippen MR) is 50.1 cm³/mol. The zero-order chi connectivity index (χ0) is 12.7. The molecule has 0 atom stereocenters. The van der Waals surface area contributed by atoms with E-state index in [1.807, 2.05) is 0 Å². The lowest BCUT2D eigenvalue weighted by Gasteiger charge is -2.02. The molecule has 0 spiro atoms. The molecule has 1 heterocycles. The molecule has 0 fully saturated rings. The van der Waals surface area contributed by atoms with Gasteiger partial charge in [0.05, 0.1) is 22.3 Å². The van der Waals surface area contributed by atoms with Crippen molar-refractivity contribution in [3.8, 4) is 0 Å². The van der Waals surface area contributed by atoms with Gasteiger partial charge in [-0.25, -0.2) is 19.2 Å². The first-order chi connectivity index (χ1) is 7.93. The number of hydrogen-bond acceptors (Lipinski definition) is 5. The Bertz CT molecular complexity index is 534. The van der Waals surface area contributed by atoms with Gasteiger partial charge in [-0.05, 0) is 12.1 Å². The first-order valence-electron chi connectivity index (χ1n) is 4.33. The topological polar surface area (TPSA) is 118 Å². The second kappa shape index (κ2) is 3.41. The summed E-state index contributed by atoms with van der Waals surface area (Å²) in [5, 5.41) is 17.6. The summed E-state index contributed by atoms with van der Waals surface area (Å²) in [6.45, 7) is 0. The van der Waals surface area contributed by atoms with Gasteiger partial charge in [-0.3, -0.25) is 0 Å². The van der Waals surface area contributed by atoms with E-state index in [0.717, 1.165) is 12.1 Å². The summed E-state index contributed by atoms with van der Waals surface area (Å²) in [5.74, 6) is -5.18. The molecule has 2 rings (SSSR count). The number of cyclic esters (lactones) is 2. The number of aromatic carboxylic acids is 2. The van der Waals surface area contributed by atoms with Crippen molar-refractivity contribution in [3.05, 3.63) is 34.4 Å². The molecule has 0 bridgehead atoms. The van der Waals surface area contributed by atoms with E-state index in [-0.39, 0.29) is 0 Å². The monoisotopic (exact) mass is 236 g/mol. The zero-order valence-corrected chi connectivity index (χ0v) is 8.09. The van der Waals surface area contributed by atoms with Crippen LogP contribution in [0.25, 0.3) is 0 Å². The van der Waals surface area contributed by atoms with Crippen LogP contribution in [-0.2, 0) is 4.74 Å². The van der Waals surface area contributed by atoms with Gasteiger partial charge in [-0.15, -0.1) is 0 Å². The Morgan fingerprint density at radius 1 is 0.882 bits per heavy atom. The van der Waals surface area contributed by atoms with Crippen LogP contribution < -0.4 is 0 Å². The van der Waals surface area contributed by atoms with Gasteiger partial charge >= 0.3 is 23.9 Å². The van der Waals surface area contributed by atoms with Crippen LogP contribution in [0, 0.1) is 0 Å². The average molecular weight is 236 g/mol. The van der Waals surface area contributed by atoms with Crippen LogP contribution in [0.1, 0.15) is 41.4 Å².